The van der Waals surface area contributed by atoms with Gasteiger partial charge in [0.1, 0.15) is 0 Å². The van der Waals surface area contributed by atoms with Crippen LogP contribution in [-0.2, 0) is 0 Å². The monoisotopic (exact) mass is 517 g/mol. The molecular formula is C38H47N. The zero-order valence-corrected chi connectivity index (χ0v) is 25.0. The van der Waals surface area contributed by atoms with Gasteiger partial charge < -0.3 is 5.32 Å². The van der Waals surface area contributed by atoms with Crippen molar-refractivity contribution in [2.75, 3.05) is 12.4 Å². The van der Waals surface area contributed by atoms with E-state index >= 15 is 0 Å². The van der Waals surface area contributed by atoms with Crippen molar-refractivity contribution in [1.82, 2.24) is 0 Å². The number of allylic oxidation sites excluding steroid dienone is 17. The predicted molar refractivity (Wildman–Crippen MR) is 172 cm³/mol. The van der Waals surface area contributed by atoms with Crippen molar-refractivity contribution in [2.24, 2.45) is 11.8 Å². The highest BCUT2D eigenvalue weighted by molar-refractivity contribution is 5.51. The molecule has 0 saturated carbocycles. The van der Waals surface area contributed by atoms with Crippen molar-refractivity contribution in [2.45, 2.75) is 72.6 Å². The second kappa shape index (κ2) is 13.2. The number of hydrogen-bond donors (Lipinski definition) is 1. The molecule has 0 amide bonds. The fourth-order valence-electron chi connectivity index (χ4n) is 6.25. The van der Waals surface area contributed by atoms with Crippen LogP contribution >= 0.6 is 0 Å². The zero-order chi connectivity index (χ0) is 27.9. The minimum absolute atomic E-state index is 0.382. The third-order valence-corrected chi connectivity index (χ3v) is 8.74. The summed E-state index contributed by atoms with van der Waals surface area (Å²) < 4.78 is 0. The van der Waals surface area contributed by atoms with Crippen LogP contribution in [0.25, 0.3) is 0 Å². The van der Waals surface area contributed by atoms with Gasteiger partial charge in [-0.15, -0.1) is 0 Å². The highest BCUT2D eigenvalue weighted by Gasteiger charge is 2.26. The van der Waals surface area contributed by atoms with Crippen molar-refractivity contribution in [1.29, 1.82) is 0 Å². The van der Waals surface area contributed by atoms with E-state index in [1.807, 2.05) is 7.05 Å². The van der Waals surface area contributed by atoms with Crippen molar-refractivity contribution in [3.8, 4) is 0 Å². The molecule has 0 aromatic heterocycles. The Morgan fingerprint density at radius 1 is 1.08 bits per heavy atom. The quantitative estimate of drug-likeness (QED) is 0.361. The summed E-state index contributed by atoms with van der Waals surface area (Å²) in [7, 11) is 1.99. The van der Waals surface area contributed by atoms with Gasteiger partial charge in [0.2, 0.25) is 0 Å². The maximum absolute atomic E-state index is 4.48. The lowest BCUT2D eigenvalue weighted by atomic mass is 9.73. The molecule has 0 radical (unpaired) electrons. The molecule has 3 unspecified atom stereocenters. The molecule has 0 spiro atoms. The summed E-state index contributed by atoms with van der Waals surface area (Å²) in [5.41, 5.74) is 13.9. The molecule has 204 valence electrons. The second-order valence-electron chi connectivity index (χ2n) is 11.7. The van der Waals surface area contributed by atoms with Crippen LogP contribution in [0.4, 0.5) is 5.69 Å². The zero-order valence-electron chi connectivity index (χ0n) is 25.0. The van der Waals surface area contributed by atoms with Gasteiger partial charge in [-0.2, -0.15) is 0 Å². The molecule has 0 fully saturated rings. The van der Waals surface area contributed by atoms with Crippen molar-refractivity contribution >= 4 is 5.69 Å². The topological polar surface area (TPSA) is 12.0 Å². The molecule has 0 heterocycles. The van der Waals surface area contributed by atoms with Gasteiger partial charge in [-0.05, 0) is 112 Å². The third kappa shape index (κ3) is 7.21. The van der Waals surface area contributed by atoms with E-state index in [1.165, 1.54) is 55.8 Å². The predicted octanol–water partition coefficient (Wildman–Crippen LogP) is 10.7. The number of anilines is 1. The lowest BCUT2D eigenvalue weighted by Crippen LogP contribution is -2.19. The molecule has 0 bridgehead atoms. The van der Waals surface area contributed by atoms with E-state index < -0.39 is 0 Å². The molecule has 3 aliphatic carbocycles. The van der Waals surface area contributed by atoms with Crippen LogP contribution in [-0.4, -0.2) is 7.05 Å². The Morgan fingerprint density at radius 2 is 1.90 bits per heavy atom. The minimum atomic E-state index is 0.382. The van der Waals surface area contributed by atoms with Crippen LogP contribution < -0.4 is 5.32 Å². The molecule has 1 aromatic rings. The van der Waals surface area contributed by atoms with Crippen LogP contribution in [0.3, 0.4) is 0 Å². The molecule has 39 heavy (non-hydrogen) atoms. The molecule has 0 saturated heterocycles. The minimum Gasteiger partial charge on any atom is -0.388 e. The SMILES string of the molecule is C=C1C=CC(c2cccc(NC)c2)CC1=C(C)CC(C=C(CC)C1=CCC(C)=CC=C1)C1CC(C)=CC=C1C. The van der Waals surface area contributed by atoms with Crippen molar-refractivity contribution < 1.29 is 0 Å². The maximum atomic E-state index is 4.48. The Morgan fingerprint density at radius 3 is 2.67 bits per heavy atom. The standard InChI is InChI=1S/C38H47N/c1-8-31(32-12-9-11-26(2)16-19-32)23-35(38-21-27(3)15-17-29(38)5)22-30(6)37-25-34(20-18-28(37)4)33-13-10-14-36(24-33)39-7/h9-15,17-20,23-24,34-35,38-39H,4,8,16,21-22,25H2,1-3,5-7H3. The molecule has 4 rings (SSSR count). The summed E-state index contributed by atoms with van der Waals surface area (Å²) in [6.07, 6.45) is 26.3. The number of nitrogens with one attached hydrogen (secondary N) is 1. The van der Waals surface area contributed by atoms with Gasteiger partial charge in [-0.3, -0.25) is 0 Å². The Hall–Kier alpha value is -3.32. The highest BCUT2D eigenvalue weighted by Crippen LogP contribution is 2.41. The number of benzene rings is 1. The van der Waals surface area contributed by atoms with Gasteiger partial charge in [0.05, 0.1) is 0 Å². The van der Waals surface area contributed by atoms with Crippen LogP contribution in [0, 0.1) is 11.8 Å². The first-order valence-electron chi connectivity index (χ1n) is 14.7. The molecular weight excluding hydrogens is 470 g/mol. The summed E-state index contributed by atoms with van der Waals surface area (Å²) in [6.45, 7) is 16.0. The molecule has 1 aromatic carbocycles. The Labute approximate surface area is 237 Å². The summed E-state index contributed by atoms with van der Waals surface area (Å²) in [4.78, 5) is 0. The molecule has 0 aliphatic heterocycles. The van der Waals surface area contributed by atoms with Gasteiger partial charge >= 0.3 is 0 Å². The average molecular weight is 518 g/mol. The molecule has 3 aliphatic rings. The normalized spacial score (nSPS) is 23.8. The van der Waals surface area contributed by atoms with Crippen LogP contribution in [0.2, 0.25) is 0 Å². The maximum Gasteiger partial charge on any atom is 0.0340 e. The van der Waals surface area contributed by atoms with Crippen LogP contribution in [0.1, 0.15) is 78.2 Å². The van der Waals surface area contributed by atoms with Gasteiger partial charge in [-0.1, -0.05) is 103 Å². The molecule has 1 nitrogen and oxygen atoms in total. The summed E-state index contributed by atoms with van der Waals surface area (Å²) in [5.74, 6) is 1.36. The summed E-state index contributed by atoms with van der Waals surface area (Å²) >= 11 is 0. The van der Waals surface area contributed by atoms with Gasteiger partial charge in [0, 0.05) is 18.7 Å². The fourth-order valence-corrected chi connectivity index (χ4v) is 6.25. The van der Waals surface area contributed by atoms with E-state index in [0.717, 1.165) is 32.1 Å². The van der Waals surface area contributed by atoms with Gasteiger partial charge in [0.15, 0.2) is 0 Å². The van der Waals surface area contributed by atoms with E-state index in [2.05, 4.69) is 125 Å². The highest BCUT2D eigenvalue weighted by atomic mass is 14.8. The van der Waals surface area contributed by atoms with Crippen LogP contribution in [0.15, 0.2) is 130 Å². The largest absolute Gasteiger partial charge is 0.388 e. The lowest BCUT2D eigenvalue weighted by molar-refractivity contribution is 0.436. The van der Waals surface area contributed by atoms with Gasteiger partial charge in [0.25, 0.3) is 0 Å². The van der Waals surface area contributed by atoms with E-state index in [0.29, 0.717) is 17.8 Å². The summed E-state index contributed by atoms with van der Waals surface area (Å²) in [5, 5.41) is 3.29. The Bertz CT molecular complexity index is 1330. The average Bonchev–Trinajstić information content (AvgIpc) is 3.16. The Kier molecular flexibility index (Phi) is 9.68. The second-order valence-corrected chi connectivity index (χ2v) is 11.7. The van der Waals surface area contributed by atoms with E-state index in [4.69, 9.17) is 0 Å². The first kappa shape index (κ1) is 28.7. The smallest absolute Gasteiger partial charge is 0.0340 e. The first-order valence-corrected chi connectivity index (χ1v) is 14.7. The third-order valence-electron chi connectivity index (χ3n) is 8.74. The fraction of sp³-hybridized carbons (Fsp3) is 0.368. The van der Waals surface area contributed by atoms with Crippen molar-refractivity contribution in [3.05, 3.63) is 136 Å². The van der Waals surface area contributed by atoms with E-state index in [1.54, 1.807) is 0 Å². The summed E-state index contributed by atoms with van der Waals surface area (Å²) in [6, 6.07) is 8.83. The van der Waals surface area contributed by atoms with E-state index in [-0.39, 0.29) is 0 Å². The lowest BCUT2D eigenvalue weighted by Gasteiger charge is -2.31. The first-order chi connectivity index (χ1) is 18.8. The van der Waals surface area contributed by atoms with Crippen LogP contribution in [0.5, 0.6) is 0 Å². The van der Waals surface area contributed by atoms with E-state index in [9.17, 15) is 0 Å². The van der Waals surface area contributed by atoms with Gasteiger partial charge in [-0.25, -0.2) is 0 Å². The Balaban J connectivity index is 1.68. The molecule has 3 atom stereocenters. The molecule has 1 heteroatoms. The number of rotatable bonds is 8. The van der Waals surface area contributed by atoms with Crippen molar-refractivity contribution in [3.63, 3.8) is 0 Å². The number of hydrogen-bond acceptors (Lipinski definition) is 1. The molecule has 1 N–H and O–H groups in total.